The molecular formula is C18H22N2O2. The van der Waals surface area contributed by atoms with E-state index in [-0.39, 0.29) is 18.6 Å². The minimum absolute atomic E-state index is 0.0672. The van der Waals surface area contributed by atoms with Crippen molar-refractivity contribution in [3.05, 3.63) is 65.5 Å². The molecule has 0 aliphatic heterocycles. The number of nitrogens with one attached hydrogen (secondary N) is 1. The van der Waals surface area contributed by atoms with Crippen molar-refractivity contribution in [1.29, 1.82) is 0 Å². The van der Waals surface area contributed by atoms with Crippen LogP contribution in [0.15, 0.2) is 48.8 Å². The summed E-state index contributed by atoms with van der Waals surface area (Å²) < 4.78 is 0. The first kappa shape index (κ1) is 16.2. The zero-order valence-electron chi connectivity index (χ0n) is 12.8. The number of aliphatic hydroxyl groups excluding tert-OH is 1. The highest BCUT2D eigenvalue weighted by molar-refractivity contribution is 5.76. The van der Waals surface area contributed by atoms with Crippen LogP contribution in [0, 0.1) is 0 Å². The molecule has 0 saturated heterocycles. The number of carbonyl (C=O) groups is 1. The second kappa shape index (κ2) is 8.29. The van der Waals surface area contributed by atoms with Crippen molar-refractivity contribution in [3.8, 4) is 0 Å². The standard InChI is InChI=1S/C18H22N2O2/c1-2-14-5-8-16(9-6-14)17(13-21)20-18(22)10-7-15-4-3-11-19-12-15/h3-6,8-9,11-12,17,21H,2,7,10,13H2,1H3,(H,20,22). The van der Waals surface area contributed by atoms with Crippen molar-refractivity contribution in [2.75, 3.05) is 6.61 Å². The molecular weight excluding hydrogens is 276 g/mol. The van der Waals surface area contributed by atoms with Gasteiger partial charge in [-0.2, -0.15) is 0 Å². The van der Waals surface area contributed by atoms with Gasteiger partial charge in [0.25, 0.3) is 0 Å². The van der Waals surface area contributed by atoms with Crippen LogP contribution in [0.2, 0.25) is 0 Å². The van der Waals surface area contributed by atoms with Gasteiger partial charge in [-0.05, 0) is 35.6 Å². The smallest absolute Gasteiger partial charge is 0.220 e. The maximum atomic E-state index is 12.0. The molecule has 0 saturated carbocycles. The average Bonchev–Trinajstić information content (AvgIpc) is 2.59. The van der Waals surface area contributed by atoms with Crippen molar-refractivity contribution in [3.63, 3.8) is 0 Å². The van der Waals surface area contributed by atoms with Gasteiger partial charge in [-0.25, -0.2) is 0 Å². The highest BCUT2D eigenvalue weighted by atomic mass is 16.3. The Hall–Kier alpha value is -2.20. The quantitative estimate of drug-likeness (QED) is 0.825. The van der Waals surface area contributed by atoms with Gasteiger partial charge in [-0.15, -0.1) is 0 Å². The summed E-state index contributed by atoms with van der Waals surface area (Å²) in [7, 11) is 0. The van der Waals surface area contributed by atoms with Gasteiger partial charge < -0.3 is 10.4 Å². The molecule has 1 heterocycles. The first-order chi connectivity index (χ1) is 10.7. The van der Waals surface area contributed by atoms with Crippen LogP contribution in [-0.2, 0) is 17.6 Å². The summed E-state index contributed by atoms with van der Waals surface area (Å²) in [6.07, 6.45) is 5.48. The van der Waals surface area contributed by atoms with Gasteiger partial charge in [0.05, 0.1) is 12.6 Å². The monoisotopic (exact) mass is 298 g/mol. The lowest BCUT2D eigenvalue weighted by atomic mass is 10.0. The molecule has 2 N–H and O–H groups in total. The summed E-state index contributed by atoms with van der Waals surface area (Å²) in [6.45, 7) is 1.99. The average molecular weight is 298 g/mol. The second-order valence-electron chi connectivity index (χ2n) is 5.26. The fraction of sp³-hybridized carbons (Fsp3) is 0.333. The van der Waals surface area contributed by atoms with E-state index in [1.54, 1.807) is 12.4 Å². The summed E-state index contributed by atoms with van der Waals surface area (Å²) >= 11 is 0. The van der Waals surface area contributed by atoms with E-state index < -0.39 is 0 Å². The molecule has 0 fully saturated rings. The Kier molecular flexibility index (Phi) is 6.10. The van der Waals surface area contributed by atoms with Gasteiger partial charge >= 0.3 is 0 Å². The van der Waals surface area contributed by atoms with Crippen molar-refractivity contribution < 1.29 is 9.90 Å². The van der Waals surface area contributed by atoms with Crippen molar-refractivity contribution in [1.82, 2.24) is 10.3 Å². The lowest BCUT2D eigenvalue weighted by molar-refractivity contribution is -0.122. The Bertz CT molecular complexity index is 582. The molecule has 1 aromatic heterocycles. The molecule has 0 aliphatic carbocycles. The van der Waals surface area contributed by atoms with Crippen LogP contribution in [0.1, 0.15) is 36.1 Å². The van der Waals surface area contributed by atoms with E-state index >= 15 is 0 Å². The van der Waals surface area contributed by atoms with Crippen LogP contribution >= 0.6 is 0 Å². The molecule has 1 unspecified atom stereocenters. The Morgan fingerprint density at radius 2 is 2.00 bits per heavy atom. The van der Waals surface area contributed by atoms with E-state index in [9.17, 15) is 9.90 Å². The number of pyridine rings is 1. The Morgan fingerprint density at radius 1 is 1.23 bits per heavy atom. The van der Waals surface area contributed by atoms with E-state index in [0.29, 0.717) is 12.8 Å². The minimum atomic E-state index is -0.354. The highest BCUT2D eigenvalue weighted by Gasteiger charge is 2.13. The molecule has 116 valence electrons. The summed E-state index contributed by atoms with van der Waals surface area (Å²) in [6, 6.07) is 11.4. The number of amides is 1. The third kappa shape index (κ3) is 4.67. The van der Waals surface area contributed by atoms with Gasteiger partial charge in [-0.3, -0.25) is 9.78 Å². The van der Waals surface area contributed by atoms with E-state index in [0.717, 1.165) is 17.5 Å². The molecule has 2 aromatic rings. The van der Waals surface area contributed by atoms with E-state index in [1.807, 2.05) is 36.4 Å². The number of carbonyl (C=O) groups excluding carboxylic acids is 1. The Balaban J connectivity index is 1.90. The lowest BCUT2D eigenvalue weighted by Crippen LogP contribution is -2.30. The summed E-state index contributed by atoms with van der Waals surface area (Å²) in [4.78, 5) is 16.1. The number of nitrogens with zero attached hydrogens (tertiary/aromatic N) is 1. The van der Waals surface area contributed by atoms with Gasteiger partial charge in [0.15, 0.2) is 0 Å². The maximum Gasteiger partial charge on any atom is 0.220 e. The lowest BCUT2D eigenvalue weighted by Gasteiger charge is -2.17. The molecule has 1 aromatic carbocycles. The fourth-order valence-corrected chi connectivity index (χ4v) is 2.29. The summed E-state index contributed by atoms with van der Waals surface area (Å²) in [5, 5.41) is 12.4. The van der Waals surface area contributed by atoms with Crippen LogP contribution < -0.4 is 5.32 Å². The van der Waals surface area contributed by atoms with E-state index in [1.165, 1.54) is 5.56 Å². The number of rotatable bonds is 7. The molecule has 22 heavy (non-hydrogen) atoms. The summed E-state index contributed by atoms with van der Waals surface area (Å²) in [5.41, 5.74) is 3.20. The number of hydrogen-bond acceptors (Lipinski definition) is 3. The second-order valence-corrected chi connectivity index (χ2v) is 5.26. The molecule has 0 bridgehead atoms. The third-order valence-corrected chi connectivity index (χ3v) is 3.67. The van der Waals surface area contributed by atoms with Crippen molar-refractivity contribution in [2.24, 2.45) is 0 Å². The van der Waals surface area contributed by atoms with Gasteiger partial charge in [0.1, 0.15) is 0 Å². The van der Waals surface area contributed by atoms with Crippen LogP contribution in [-0.4, -0.2) is 22.6 Å². The zero-order valence-corrected chi connectivity index (χ0v) is 12.8. The largest absolute Gasteiger partial charge is 0.394 e. The van der Waals surface area contributed by atoms with Crippen LogP contribution in [0.5, 0.6) is 0 Å². The molecule has 4 heteroatoms. The predicted molar refractivity (Wildman–Crippen MR) is 86.3 cm³/mol. The molecule has 1 atom stereocenters. The molecule has 0 aliphatic rings. The van der Waals surface area contributed by atoms with Crippen molar-refractivity contribution >= 4 is 5.91 Å². The predicted octanol–water partition coefficient (Wildman–Crippen LogP) is 2.43. The Labute approximate surface area is 131 Å². The third-order valence-electron chi connectivity index (χ3n) is 3.67. The zero-order chi connectivity index (χ0) is 15.8. The highest BCUT2D eigenvalue weighted by Crippen LogP contribution is 2.14. The number of aryl methyl sites for hydroxylation is 2. The van der Waals surface area contributed by atoms with Crippen LogP contribution in [0.25, 0.3) is 0 Å². The minimum Gasteiger partial charge on any atom is -0.394 e. The van der Waals surface area contributed by atoms with E-state index in [2.05, 4.69) is 17.2 Å². The molecule has 2 rings (SSSR count). The van der Waals surface area contributed by atoms with E-state index in [4.69, 9.17) is 0 Å². The van der Waals surface area contributed by atoms with Gasteiger partial charge in [0.2, 0.25) is 5.91 Å². The Morgan fingerprint density at radius 3 is 2.59 bits per heavy atom. The van der Waals surface area contributed by atoms with Crippen LogP contribution in [0.4, 0.5) is 0 Å². The first-order valence-corrected chi connectivity index (χ1v) is 7.61. The molecule has 1 amide bonds. The van der Waals surface area contributed by atoms with Crippen molar-refractivity contribution in [2.45, 2.75) is 32.2 Å². The normalized spacial score (nSPS) is 11.9. The van der Waals surface area contributed by atoms with Gasteiger partial charge in [0, 0.05) is 18.8 Å². The molecule has 0 radical (unpaired) electrons. The number of hydrogen-bond donors (Lipinski definition) is 2. The topological polar surface area (TPSA) is 62.2 Å². The van der Waals surface area contributed by atoms with Crippen LogP contribution in [0.3, 0.4) is 0 Å². The number of benzene rings is 1. The first-order valence-electron chi connectivity index (χ1n) is 7.61. The molecule has 0 spiro atoms. The summed E-state index contributed by atoms with van der Waals surface area (Å²) in [5.74, 6) is -0.0672. The SMILES string of the molecule is CCc1ccc(C(CO)NC(=O)CCc2cccnc2)cc1. The fourth-order valence-electron chi connectivity index (χ4n) is 2.29. The number of aromatic nitrogens is 1. The van der Waals surface area contributed by atoms with Gasteiger partial charge in [-0.1, -0.05) is 37.3 Å². The molecule has 4 nitrogen and oxygen atoms in total. The maximum absolute atomic E-state index is 12.0. The number of aliphatic hydroxyl groups is 1.